The zero-order valence-electron chi connectivity index (χ0n) is 25.7. The van der Waals surface area contributed by atoms with Crippen LogP contribution in [0.5, 0.6) is 0 Å². The zero-order chi connectivity index (χ0) is 30.2. The van der Waals surface area contributed by atoms with Gasteiger partial charge in [-0.2, -0.15) is 10.4 Å². The summed E-state index contributed by atoms with van der Waals surface area (Å²) in [7, 11) is 4.04. The lowest BCUT2D eigenvalue weighted by Gasteiger charge is -2.43. The number of likely N-dealkylation sites (N-methyl/N-ethyl adjacent to an activating group) is 1. The normalized spacial score (nSPS) is 24.2. The summed E-state index contributed by atoms with van der Waals surface area (Å²) in [5.74, 6) is -0.661. The molecule has 0 amide bonds. The van der Waals surface area contributed by atoms with Gasteiger partial charge in [0.05, 0.1) is 17.2 Å². The molecule has 42 heavy (non-hydrogen) atoms. The molecule has 0 N–H and O–H groups in total. The van der Waals surface area contributed by atoms with Crippen LogP contribution in [0.15, 0.2) is 18.2 Å². The van der Waals surface area contributed by atoms with E-state index in [1.54, 1.807) is 19.9 Å². The molecule has 2 unspecified atom stereocenters. The highest BCUT2D eigenvalue weighted by Crippen LogP contribution is 2.45. The van der Waals surface area contributed by atoms with Crippen molar-refractivity contribution in [3.05, 3.63) is 46.4 Å². The van der Waals surface area contributed by atoms with Gasteiger partial charge in [-0.1, -0.05) is 25.0 Å². The molecule has 2 aromatic rings. The largest absolute Gasteiger partial charge is 0.458 e. The lowest BCUT2D eigenvalue weighted by molar-refractivity contribution is -0.185. The molecule has 8 nitrogen and oxygen atoms in total. The molecular weight excluding hydrogens is 533 g/mol. The van der Waals surface area contributed by atoms with Gasteiger partial charge >= 0.3 is 5.97 Å². The Morgan fingerprint density at radius 3 is 2.45 bits per heavy atom. The molecule has 0 bridgehead atoms. The minimum Gasteiger partial charge on any atom is -0.458 e. The number of benzene rings is 1. The first kappa shape index (κ1) is 30.2. The molecule has 5 rings (SSSR count). The van der Waals surface area contributed by atoms with Crippen molar-refractivity contribution in [2.75, 3.05) is 38.1 Å². The predicted molar refractivity (Wildman–Crippen MR) is 159 cm³/mol. The molecule has 3 heterocycles. The average molecular weight is 578 g/mol. The number of ketones is 1. The van der Waals surface area contributed by atoms with E-state index in [-0.39, 0.29) is 18.1 Å². The van der Waals surface area contributed by atoms with Gasteiger partial charge in [0.25, 0.3) is 0 Å². The number of hydrogen-bond acceptors (Lipinski definition) is 7. The van der Waals surface area contributed by atoms with E-state index in [9.17, 15) is 19.2 Å². The number of piperazine rings is 1. The summed E-state index contributed by atoms with van der Waals surface area (Å²) in [6.45, 7) is 8.97. The third-order valence-corrected chi connectivity index (χ3v) is 9.90. The van der Waals surface area contributed by atoms with Crippen LogP contribution in [0.4, 0.5) is 10.2 Å². The Labute approximate surface area is 248 Å². The van der Waals surface area contributed by atoms with E-state index in [4.69, 9.17) is 4.74 Å². The fourth-order valence-corrected chi connectivity index (χ4v) is 7.26. The number of carbonyl (C=O) groups excluding carboxylic acids is 2. The molecular formula is C33H44FN5O3. The maximum Gasteiger partial charge on any atom is 0.317 e. The number of ether oxygens (including phenoxy) is 1. The van der Waals surface area contributed by atoms with Crippen LogP contribution in [0.3, 0.4) is 0 Å². The Balaban J connectivity index is 1.35. The number of carbonyl (C=O) groups is 2. The minimum absolute atomic E-state index is 0.0666. The number of aromatic nitrogens is 2. The Kier molecular flexibility index (Phi) is 8.48. The number of Topliss-reactive ketones (excluding diaryl/α,β-unsaturated/α-hetero) is 1. The molecule has 1 aliphatic carbocycles. The first-order valence-electron chi connectivity index (χ1n) is 15.4. The van der Waals surface area contributed by atoms with Crippen LogP contribution in [-0.2, 0) is 39.6 Å². The van der Waals surface area contributed by atoms with E-state index in [0.717, 1.165) is 74.5 Å². The number of nitriles is 1. The number of hydrogen-bond donors (Lipinski definition) is 0. The number of nitrogens with zero attached hydrogens (tertiary/aromatic N) is 5. The van der Waals surface area contributed by atoms with Gasteiger partial charge < -0.3 is 14.5 Å². The molecule has 226 valence electrons. The highest BCUT2D eigenvalue weighted by atomic mass is 19.1. The van der Waals surface area contributed by atoms with Crippen molar-refractivity contribution in [1.82, 2.24) is 14.7 Å². The standard InChI is InChI=1S/C33H44FN5O3/c1-22-25(30(38(5)36-22)39-16-14-37(4)15-17-39)19-26-29(40)20-33(42-31(26)41,24-8-6-7-9-24)13-12-23-10-11-27(28(34)18-23)32(2,3)21-35/h10-11,18,24,26H,6-9,12-17,19-20H2,1-5H3. The highest BCUT2D eigenvalue weighted by molar-refractivity contribution is 6.02. The number of rotatable bonds is 8. The average Bonchev–Trinajstić information content (AvgIpc) is 3.58. The molecule has 1 aromatic carbocycles. The van der Waals surface area contributed by atoms with Crippen molar-refractivity contribution in [3.63, 3.8) is 0 Å². The van der Waals surface area contributed by atoms with Gasteiger partial charge in [-0.05, 0) is 77.5 Å². The van der Waals surface area contributed by atoms with E-state index in [1.807, 2.05) is 24.7 Å². The number of cyclic esters (lactones) is 1. The first-order chi connectivity index (χ1) is 19.9. The maximum atomic E-state index is 15.0. The number of esters is 1. The molecule has 9 heteroatoms. The van der Waals surface area contributed by atoms with Crippen LogP contribution in [0.1, 0.15) is 74.8 Å². The number of anilines is 1. The van der Waals surface area contributed by atoms with Gasteiger partial charge in [0.2, 0.25) is 0 Å². The zero-order valence-corrected chi connectivity index (χ0v) is 25.7. The first-order valence-corrected chi connectivity index (χ1v) is 15.4. The molecule has 1 saturated carbocycles. The van der Waals surface area contributed by atoms with Crippen molar-refractivity contribution in [3.8, 4) is 6.07 Å². The van der Waals surface area contributed by atoms with Crippen LogP contribution in [0.25, 0.3) is 0 Å². The summed E-state index contributed by atoms with van der Waals surface area (Å²) >= 11 is 0. The Bertz CT molecular complexity index is 1360. The Morgan fingerprint density at radius 2 is 1.83 bits per heavy atom. The van der Waals surface area contributed by atoms with Crippen molar-refractivity contribution in [2.45, 2.75) is 83.2 Å². The van der Waals surface area contributed by atoms with Gasteiger partial charge in [0, 0.05) is 50.8 Å². The second-order valence-electron chi connectivity index (χ2n) is 13.2. The molecule has 2 aliphatic heterocycles. The molecule has 3 fully saturated rings. The fraction of sp³-hybridized carbons (Fsp3) is 0.636. The highest BCUT2D eigenvalue weighted by Gasteiger charge is 2.51. The molecule has 0 radical (unpaired) electrons. The third kappa shape index (κ3) is 5.83. The van der Waals surface area contributed by atoms with Crippen LogP contribution in [0, 0.1) is 35.9 Å². The number of aryl methyl sites for hydroxylation is 3. The second kappa shape index (κ2) is 11.8. The molecule has 1 aromatic heterocycles. The van der Waals surface area contributed by atoms with Crippen LogP contribution in [0.2, 0.25) is 0 Å². The van der Waals surface area contributed by atoms with Crippen molar-refractivity contribution in [1.29, 1.82) is 5.26 Å². The van der Waals surface area contributed by atoms with E-state index in [0.29, 0.717) is 24.8 Å². The van der Waals surface area contributed by atoms with E-state index in [2.05, 4.69) is 28.0 Å². The molecule has 3 aliphatic rings. The lowest BCUT2D eigenvalue weighted by Crippen LogP contribution is -2.52. The SMILES string of the molecule is Cc1nn(C)c(N2CCN(C)CC2)c1CC1C(=O)CC(CCc2ccc(C(C)(C)C#N)c(F)c2)(C2CCCC2)OC1=O. The quantitative estimate of drug-likeness (QED) is 0.333. The van der Waals surface area contributed by atoms with Gasteiger partial charge in [0.15, 0.2) is 5.78 Å². The van der Waals surface area contributed by atoms with E-state index >= 15 is 0 Å². The molecule has 0 spiro atoms. The lowest BCUT2D eigenvalue weighted by atomic mass is 9.73. The van der Waals surface area contributed by atoms with Crippen LogP contribution >= 0.6 is 0 Å². The monoisotopic (exact) mass is 577 g/mol. The summed E-state index contributed by atoms with van der Waals surface area (Å²) in [5.41, 5.74) is 1.13. The topological polar surface area (TPSA) is 91.5 Å². The number of halogens is 1. The summed E-state index contributed by atoms with van der Waals surface area (Å²) in [6.07, 6.45) is 5.39. The van der Waals surface area contributed by atoms with Gasteiger partial charge in [-0.15, -0.1) is 0 Å². The third-order valence-electron chi connectivity index (χ3n) is 9.90. The van der Waals surface area contributed by atoms with Crippen molar-refractivity contribution >= 4 is 17.6 Å². The van der Waals surface area contributed by atoms with E-state index in [1.165, 1.54) is 6.07 Å². The molecule has 2 atom stereocenters. The smallest absolute Gasteiger partial charge is 0.317 e. The second-order valence-corrected chi connectivity index (χ2v) is 13.2. The summed E-state index contributed by atoms with van der Waals surface area (Å²) in [4.78, 5) is 32.1. The van der Waals surface area contributed by atoms with Crippen molar-refractivity contribution < 1.29 is 18.7 Å². The Morgan fingerprint density at radius 1 is 1.14 bits per heavy atom. The van der Waals surface area contributed by atoms with Gasteiger partial charge in [0.1, 0.15) is 23.2 Å². The van der Waals surface area contributed by atoms with Crippen molar-refractivity contribution in [2.24, 2.45) is 18.9 Å². The molecule has 2 saturated heterocycles. The summed E-state index contributed by atoms with van der Waals surface area (Å²) in [6, 6.07) is 7.17. The van der Waals surface area contributed by atoms with Crippen LogP contribution < -0.4 is 4.90 Å². The fourth-order valence-electron chi connectivity index (χ4n) is 7.26. The van der Waals surface area contributed by atoms with Crippen LogP contribution in [-0.4, -0.2) is 65.3 Å². The van der Waals surface area contributed by atoms with Gasteiger partial charge in [-0.25, -0.2) is 4.39 Å². The predicted octanol–water partition coefficient (Wildman–Crippen LogP) is 4.66. The minimum atomic E-state index is -0.926. The summed E-state index contributed by atoms with van der Waals surface area (Å²) in [5, 5.41) is 14.1. The van der Waals surface area contributed by atoms with E-state index < -0.39 is 28.7 Å². The van der Waals surface area contributed by atoms with Gasteiger partial charge in [-0.3, -0.25) is 14.3 Å². The maximum absolute atomic E-state index is 15.0. The Hall–Kier alpha value is -3.25. The summed E-state index contributed by atoms with van der Waals surface area (Å²) < 4.78 is 23.2.